The van der Waals surface area contributed by atoms with Crippen LogP contribution in [0.3, 0.4) is 0 Å². The Labute approximate surface area is 191 Å². The Morgan fingerprint density at radius 2 is 1.69 bits per heavy atom. The van der Waals surface area contributed by atoms with Crippen LogP contribution in [0.15, 0.2) is 65.6 Å². The molecule has 3 rings (SSSR count). The molecule has 0 spiro atoms. The number of nitrogens with zero attached hydrogens (tertiary/aromatic N) is 1. The van der Waals surface area contributed by atoms with Crippen molar-refractivity contribution in [1.29, 1.82) is 0 Å². The maximum atomic E-state index is 13.1. The molecule has 4 atom stereocenters. The summed E-state index contributed by atoms with van der Waals surface area (Å²) in [6, 6.07) is 16.6. The zero-order valence-electron chi connectivity index (χ0n) is 17.9. The van der Waals surface area contributed by atoms with Crippen molar-refractivity contribution in [1.82, 2.24) is 10.2 Å². The first-order chi connectivity index (χ1) is 15.3. The van der Waals surface area contributed by atoms with E-state index in [1.807, 2.05) is 60.7 Å². The van der Waals surface area contributed by atoms with Crippen LogP contribution in [-0.4, -0.2) is 62.9 Å². The Morgan fingerprint density at radius 1 is 1.06 bits per heavy atom. The number of hydrogen-bond donors (Lipinski definition) is 3. The highest BCUT2D eigenvalue weighted by Crippen LogP contribution is 2.33. The van der Waals surface area contributed by atoms with Gasteiger partial charge in [0.2, 0.25) is 5.91 Å². The maximum Gasteiger partial charge on any atom is 0.326 e. The molecule has 1 heterocycles. The van der Waals surface area contributed by atoms with Gasteiger partial charge in [0.05, 0.1) is 6.04 Å². The molecule has 3 N–H and O–H groups in total. The van der Waals surface area contributed by atoms with E-state index in [4.69, 9.17) is 0 Å². The topological polar surface area (TPSA) is 107 Å². The quantitative estimate of drug-likeness (QED) is 0.505. The molecule has 0 aliphatic carbocycles. The predicted octanol–water partition coefficient (Wildman–Crippen LogP) is 2.90. The maximum absolute atomic E-state index is 13.1. The van der Waals surface area contributed by atoms with E-state index in [1.54, 1.807) is 18.7 Å². The number of carboxylic acids is 2. The zero-order valence-corrected chi connectivity index (χ0v) is 18.7. The molecule has 1 fully saturated rings. The third-order valence-corrected chi connectivity index (χ3v) is 6.78. The number of thioether (sulfide) groups is 1. The standard InChI is InChI=1S/C24H28N2O5S/c1-16(25-20(23(28)29)13-12-17-8-4-2-5-9-17)22(27)26-15-19(14-21(26)24(30)31)32-18-10-6-3-7-11-18/h2-11,16,19-21,25H,12-15H2,1H3,(H,28,29)(H,30,31)/t16-,19+,20-,21-/m0/s1. The number of aliphatic carboxylic acids is 2. The Balaban J connectivity index is 1.62. The van der Waals surface area contributed by atoms with E-state index in [9.17, 15) is 24.6 Å². The minimum atomic E-state index is -1.04. The van der Waals surface area contributed by atoms with Gasteiger partial charge in [-0.25, -0.2) is 4.79 Å². The number of carbonyl (C=O) groups excluding carboxylic acids is 1. The van der Waals surface area contributed by atoms with Gasteiger partial charge < -0.3 is 15.1 Å². The molecule has 1 saturated heterocycles. The summed E-state index contributed by atoms with van der Waals surface area (Å²) in [7, 11) is 0. The lowest BCUT2D eigenvalue weighted by Crippen LogP contribution is -2.53. The summed E-state index contributed by atoms with van der Waals surface area (Å²) in [5.41, 5.74) is 1.02. The summed E-state index contributed by atoms with van der Waals surface area (Å²) >= 11 is 1.56. The van der Waals surface area contributed by atoms with Crippen molar-refractivity contribution in [3.8, 4) is 0 Å². The molecule has 0 saturated carbocycles. The minimum Gasteiger partial charge on any atom is -0.480 e. The van der Waals surface area contributed by atoms with Crippen molar-refractivity contribution in [2.75, 3.05) is 6.54 Å². The predicted molar refractivity (Wildman–Crippen MR) is 123 cm³/mol. The molecule has 2 aromatic carbocycles. The van der Waals surface area contributed by atoms with Gasteiger partial charge in [0.15, 0.2) is 0 Å². The van der Waals surface area contributed by atoms with Gasteiger partial charge in [-0.1, -0.05) is 48.5 Å². The number of rotatable bonds is 10. The number of carboxylic acid groups (broad SMARTS) is 2. The van der Waals surface area contributed by atoms with Crippen LogP contribution in [0.2, 0.25) is 0 Å². The van der Waals surface area contributed by atoms with Gasteiger partial charge in [-0.05, 0) is 43.9 Å². The van der Waals surface area contributed by atoms with Gasteiger partial charge in [0.1, 0.15) is 12.1 Å². The fourth-order valence-electron chi connectivity index (χ4n) is 3.91. The second-order valence-electron chi connectivity index (χ2n) is 7.94. The minimum absolute atomic E-state index is 0.0389. The number of benzene rings is 2. The Bertz CT molecular complexity index is 925. The largest absolute Gasteiger partial charge is 0.480 e. The van der Waals surface area contributed by atoms with Crippen molar-refractivity contribution >= 4 is 29.6 Å². The molecule has 8 heteroatoms. The van der Waals surface area contributed by atoms with E-state index in [1.165, 1.54) is 4.90 Å². The fourth-order valence-corrected chi connectivity index (χ4v) is 5.12. The monoisotopic (exact) mass is 456 g/mol. The summed E-state index contributed by atoms with van der Waals surface area (Å²) < 4.78 is 0. The summed E-state index contributed by atoms with van der Waals surface area (Å²) in [6.07, 6.45) is 1.23. The molecule has 0 unspecified atom stereocenters. The van der Waals surface area contributed by atoms with Crippen LogP contribution in [-0.2, 0) is 20.8 Å². The van der Waals surface area contributed by atoms with E-state index in [2.05, 4.69) is 5.32 Å². The molecule has 0 aromatic heterocycles. The number of aryl methyl sites for hydroxylation is 1. The van der Waals surface area contributed by atoms with Crippen LogP contribution in [0.4, 0.5) is 0 Å². The summed E-state index contributed by atoms with van der Waals surface area (Å²) in [5.74, 6) is -2.46. The molecule has 7 nitrogen and oxygen atoms in total. The van der Waals surface area contributed by atoms with Crippen molar-refractivity contribution in [2.45, 2.75) is 54.5 Å². The summed E-state index contributed by atoms with van der Waals surface area (Å²) in [4.78, 5) is 39.0. The highest BCUT2D eigenvalue weighted by Gasteiger charge is 2.41. The molecule has 1 aliphatic rings. The number of hydrogen-bond acceptors (Lipinski definition) is 5. The third kappa shape index (κ3) is 6.34. The highest BCUT2D eigenvalue weighted by atomic mass is 32.2. The van der Waals surface area contributed by atoms with Gasteiger partial charge >= 0.3 is 11.9 Å². The zero-order chi connectivity index (χ0) is 23.1. The molecule has 2 aromatic rings. The molecule has 0 radical (unpaired) electrons. The Morgan fingerprint density at radius 3 is 2.28 bits per heavy atom. The van der Waals surface area contributed by atoms with E-state index < -0.39 is 30.1 Å². The van der Waals surface area contributed by atoms with Gasteiger partial charge in [-0.15, -0.1) is 11.8 Å². The van der Waals surface area contributed by atoms with E-state index in [-0.39, 0.29) is 11.2 Å². The van der Waals surface area contributed by atoms with Gasteiger partial charge in [0, 0.05) is 16.7 Å². The smallest absolute Gasteiger partial charge is 0.326 e. The molecule has 32 heavy (non-hydrogen) atoms. The number of carbonyl (C=O) groups is 3. The van der Waals surface area contributed by atoms with Crippen LogP contribution in [0.25, 0.3) is 0 Å². The summed E-state index contributed by atoms with van der Waals surface area (Å²) in [5, 5.41) is 22.1. The Hall–Kier alpha value is -2.84. The van der Waals surface area contributed by atoms with Crippen LogP contribution in [0, 0.1) is 0 Å². The average molecular weight is 457 g/mol. The lowest BCUT2D eigenvalue weighted by atomic mass is 10.0. The van der Waals surface area contributed by atoms with Crippen LogP contribution >= 0.6 is 11.8 Å². The third-order valence-electron chi connectivity index (χ3n) is 5.56. The second-order valence-corrected chi connectivity index (χ2v) is 9.31. The van der Waals surface area contributed by atoms with Crippen LogP contribution < -0.4 is 5.32 Å². The van der Waals surface area contributed by atoms with Crippen molar-refractivity contribution in [3.63, 3.8) is 0 Å². The molecule has 170 valence electrons. The molecule has 1 amide bonds. The summed E-state index contributed by atoms with van der Waals surface area (Å²) in [6.45, 7) is 1.90. The average Bonchev–Trinajstić information content (AvgIpc) is 3.21. The Kier molecular flexibility index (Phi) is 8.30. The van der Waals surface area contributed by atoms with Gasteiger partial charge in [-0.3, -0.25) is 14.9 Å². The van der Waals surface area contributed by atoms with Crippen LogP contribution in [0.5, 0.6) is 0 Å². The van der Waals surface area contributed by atoms with Crippen LogP contribution in [0.1, 0.15) is 25.3 Å². The second kappa shape index (κ2) is 11.2. The first-order valence-electron chi connectivity index (χ1n) is 10.6. The molecule has 0 bridgehead atoms. The molecule has 1 aliphatic heterocycles. The first kappa shape index (κ1) is 23.8. The normalized spacial score (nSPS) is 20.0. The van der Waals surface area contributed by atoms with E-state index >= 15 is 0 Å². The first-order valence-corrected chi connectivity index (χ1v) is 11.5. The lowest BCUT2D eigenvalue weighted by Gasteiger charge is -2.27. The number of nitrogens with one attached hydrogen (secondary N) is 1. The molecular weight excluding hydrogens is 428 g/mol. The van der Waals surface area contributed by atoms with Crippen molar-refractivity contribution in [2.24, 2.45) is 0 Å². The highest BCUT2D eigenvalue weighted by molar-refractivity contribution is 8.00. The number of likely N-dealkylation sites (tertiary alicyclic amines) is 1. The van der Waals surface area contributed by atoms with Gasteiger partial charge in [-0.2, -0.15) is 0 Å². The molecular formula is C24H28N2O5S. The lowest BCUT2D eigenvalue weighted by molar-refractivity contribution is -0.149. The van der Waals surface area contributed by atoms with Crippen molar-refractivity contribution < 1.29 is 24.6 Å². The van der Waals surface area contributed by atoms with Crippen molar-refractivity contribution in [3.05, 3.63) is 66.2 Å². The van der Waals surface area contributed by atoms with Gasteiger partial charge in [0.25, 0.3) is 0 Å². The van der Waals surface area contributed by atoms with E-state index in [0.717, 1.165) is 10.5 Å². The van der Waals surface area contributed by atoms with E-state index in [0.29, 0.717) is 25.8 Å². The fraction of sp³-hybridized carbons (Fsp3) is 0.375. The number of amides is 1. The SMILES string of the molecule is C[C@H](N[C@@H](CCc1ccccc1)C(=O)O)C(=O)N1C[C@H](Sc2ccccc2)C[C@H]1C(=O)O.